The number of phenolic OH excluding ortho intramolecular Hbond substituents is 1. The number of hydrogen-bond acceptors (Lipinski definition) is 6. The topological polar surface area (TPSA) is 76.3 Å². The summed E-state index contributed by atoms with van der Waals surface area (Å²) in [7, 11) is 0. The SMILES string of the molecule is Cc1cc(-c2ccc3ncc(N4CCN(c5ccc(C#N)cc5)CC4)nc3c2)cc(C)c1O. The van der Waals surface area contributed by atoms with E-state index < -0.39 is 0 Å². The van der Waals surface area contributed by atoms with Crippen LogP contribution < -0.4 is 9.80 Å². The zero-order valence-corrected chi connectivity index (χ0v) is 18.8. The lowest BCUT2D eigenvalue weighted by molar-refractivity contribution is 0.467. The largest absolute Gasteiger partial charge is 0.507 e. The number of phenols is 1. The lowest BCUT2D eigenvalue weighted by Gasteiger charge is -2.36. The van der Waals surface area contributed by atoms with Crippen molar-refractivity contribution in [2.45, 2.75) is 13.8 Å². The van der Waals surface area contributed by atoms with Gasteiger partial charge in [0.25, 0.3) is 0 Å². The van der Waals surface area contributed by atoms with Crippen LogP contribution >= 0.6 is 0 Å². The molecule has 1 aliphatic heterocycles. The smallest absolute Gasteiger partial charge is 0.147 e. The summed E-state index contributed by atoms with van der Waals surface area (Å²) >= 11 is 0. The Kier molecular flexibility index (Phi) is 5.31. The van der Waals surface area contributed by atoms with Gasteiger partial charge in [0.2, 0.25) is 0 Å². The Labute approximate surface area is 193 Å². The number of anilines is 2. The van der Waals surface area contributed by atoms with E-state index in [1.807, 2.05) is 62.5 Å². The van der Waals surface area contributed by atoms with Crippen molar-refractivity contribution in [1.82, 2.24) is 9.97 Å². The van der Waals surface area contributed by atoms with E-state index in [9.17, 15) is 5.11 Å². The average Bonchev–Trinajstić information content (AvgIpc) is 2.86. The summed E-state index contributed by atoms with van der Waals surface area (Å²) in [6, 6.07) is 20.1. The van der Waals surface area contributed by atoms with Gasteiger partial charge in [-0.25, -0.2) is 4.98 Å². The van der Waals surface area contributed by atoms with E-state index in [0.717, 1.165) is 71.0 Å². The molecule has 6 heteroatoms. The van der Waals surface area contributed by atoms with Crippen molar-refractivity contribution in [3.05, 3.63) is 77.5 Å². The number of nitriles is 1. The molecule has 1 aliphatic rings. The molecule has 0 spiro atoms. The van der Waals surface area contributed by atoms with Crippen molar-refractivity contribution in [2.24, 2.45) is 0 Å². The maximum atomic E-state index is 10.1. The first-order chi connectivity index (χ1) is 16.0. The molecule has 1 fully saturated rings. The van der Waals surface area contributed by atoms with E-state index in [1.54, 1.807) is 0 Å². The Morgan fingerprint density at radius 3 is 2.15 bits per heavy atom. The molecule has 0 amide bonds. The van der Waals surface area contributed by atoms with Crippen molar-refractivity contribution in [2.75, 3.05) is 36.0 Å². The molecule has 1 saturated heterocycles. The Hall–Kier alpha value is -4.11. The van der Waals surface area contributed by atoms with E-state index >= 15 is 0 Å². The zero-order valence-electron chi connectivity index (χ0n) is 18.8. The number of rotatable bonds is 3. The molecule has 4 aromatic rings. The van der Waals surface area contributed by atoms with Gasteiger partial charge in [-0.3, -0.25) is 4.98 Å². The molecular formula is C27H25N5O. The van der Waals surface area contributed by atoms with Crippen LogP contribution in [0.5, 0.6) is 5.75 Å². The maximum absolute atomic E-state index is 10.1. The molecule has 0 saturated carbocycles. The average molecular weight is 436 g/mol. The van der Waals surface area contributed by atoms with Crippen LogP contribution in [0.15, 0.2) is 60.8 Å². The monoisotopic (exact) mass is 435 g/mol. The Morgan fingerprint density at radius 2 is 1.48 bits per heavy atom. The number of nitrogens with zero attached hydrogens (tertiary/aromatic N) is 5. The number of benzene rings is 3. The van der Waals surface area contributed by atoms with Crippen LogP contribution in [0, 0.1) is 25.2 Å². The number of fused-ring (bicyclic) bond motifs is 1. The summed E-state index contributed by atoms with van der Waals surface area (Å²) < 4.78 is 0. The second-order valence-electron chi connectivity index (χ2n) is 8.52. The fraction of sp³-hybridized carbons (Fsp3) is 0.222. The van der Waals surface area contributed by atoms with Gasteiger partial charge in [0.15, 0.2) is 0 Å². The van der Waals surface area contributed by atoms with Crippen LogP contribution in [-0.2, 0) is 0 Å². The molecular weight excluding hydrogens is 410 g/mol. The van der Waals surface area contributed by atoms with Crippen molar-refractivity contribution < 1.29 is 5.11 Å². The Bertz CT molecular complexity index is 1340. The minimum Gasteiger partial charge on any atom is -0.507 e. The molecule has 0 radical (unpaired) electrons. The van der Waals surface area contributed by atoms with E-state index in [-0.39, 0.29) is 0 Å². The minimum absolute atomic E-state index is 0.349. The number of piperazine rings is 1. The summed E-state index contributed by atoms with van der Waals surface area (Å²) in [6.45, 7) is 7.33. The predicted octanol–water partition coefficient (Wildman–Crippen LogP) is 4.82. The molecule has 0 unspecified atom stereocenters. The standard InChI is InChI=1S/C27H25N5O/c1-18-13-22(14-19(2)27(18)33)21-5-8-24-25(15-21)30-26(17-29-24)32-11-9-31(10-12-32)23-6-3-20(16-28)4-7-23/h3-8,13-15,17,33H,9-12H2,1-2H3. The highest BCUT2D eigenvalue weighted by atomic mass is 16.3. The molecule has 0 aliphatic carbocycles. The van der Waals surface area contributed by atoms with Gasteiger partial charge in [-0.05, 0) is 84.6 Å². The minimum atomic E-state index is 0.349. The van der Waals surface area contributed by atoms with E-state index in [2.05, 4.69) is 33.0 Å². The molecule has 0 bridgehead atoms. The van der Waals surface area contributed by atoms with Gasteiger partial charge in [0.1, 0.15) is 11.6 Å². The maximum Gasteiger partial charge on any atom is 0.147 e. The zero-order chi connectivity index (χ0) is 22.9. The fourth-order valence-electron chi connectivity index (χ4n) is 4.40. The third kappa shape index (κ3) is 4.06. The molecule has 3 aromatic carbocycles. The van der Waals surface area contributed by atoms with Gasteiger partial charge >= 0.3 is 0 Å². The van der Waals surface area contributed by atoms with E-state index in [4.69, 9.17) is 10.2 Å². The van der Waals surface area contributed by atoms with Crippen molar-refractivity contribution >= 4 is 22.5 Å². The molecule has 0 atom stereocenters. The van der Waals surface area contributed by atoms with Gasteiger partial charge < -0.3 is 14.9 Å². The van der Waals surface area contributed by atoms with Gasteiger partial charge in [-0.15, -0.1) is 0 Å². The third-order valence-electron chi connectivity index (χ3n) is 6.32. The van der Waals surface area contributed by atoms with Gasteiger partial charge in [-0.2, -0.15) is 5.26 Å². The first kappa shape index (κ1) is 20.8. The molecule has 164 valence electrons. The second-order valence-corrected chi connectivity index (χ2v) is 8.52. The number of aromatic nitrogens is 2. The Balaban J connectivity index is 1.36. The number of hydrogen-bond donors (Lipinski definition) is 1. The highest BCUT2D eigenvalue weighted by Crippen LogP contribution is 2.31. The van der Waals surface area contributed by atoms with Crippen molar-refractivity contribution in [3.8, 4) is 22.9 Å². The van der Waals surface area contributed by atoms with Crippen molar-refractivity contribution in [1.29, 1.82) is 5.26 Å². The Morgan fingerprint density at radius 1 is 0.818 bits per heavy atom. The summed E-state index contributed by atoms with van der Waals surface area (Å²) in [6.07, 6.45) is 1.86. The van der Waals surface area contributed by atoms with Crippen molar-refractivity contribution in [3.63, 3.8) is 0 Å². The van der Waals surface area contributed by atoms with Crippen LogP contribution in [0.3, 0.4) is 0 Å². The normalized spacial score (nSPS) is 13.8. The van der Waals surface area contributed by atoms with Gasteiger partial charge in [0, 0.05) is 31.9 Å². The van der Waals surface area contributed by atoms with Gasteiger partial charge in [-0.1, -0.05) is 6.07 Å². The molecule has 5 rings (SSSR count). The summed E-state index contributed by atoms with van der Waals surface area (Å²) in [5, 5.41) is 19.1. The van der Waals surface area contributed by atoms with Gasteiger partial charge in [0.05, 0.1) is 28.9 Å². The predicted molar refractivity (Wildman–Crippen MR) is 132 cm³/mol. The number of aryl methyl sites for hydroxylation is 2. The third-order valence-corrected chi connectivity index (χ3v) is 6.32. The fourth-order valence-corrected chi connectivity index (χ4v) is 4.40. The highest BCUT2D eigenvalue weighted by molar-refractivity contribution is 5.83. The van der Waals surface area contributed by atoms with E-state index in [1.165, 1.54) is 0 Å². The molecule has 6 nitrogen and oxygen atoms in total. The lowest BCUT2D eigenvalue weighted by atomic mass is 9.99. The van der Waals surface area contributed by atoms with Crippen LogP contribution in [-0.4, -0.2) is 41.3 Å². The number of aromatic hydroxyl groups is 1. The summed E-state index contributed by atoms with van der Waals surface area (Å²) in [5.74, 6) is 1.24. The molecule has 1 aromatic heterocycles. The summed E-state index contributed by atoms with van der Waals surface area (Å²) in [4.78, 5) is 14.2. The van der Waals surface area contributed by atoms with Crippen LogP contribution in [0.1, 0.15) is 16.7 Å². The lowest BCUT2D eigenvalue weighted by Crippen LogP contribution is -2.46. The first-order valence-electron chi connectivity index (χ1n) is 11.1. The molecule has 33 heavy (non-hydrogen) atoms. The van der Waals surface area contributed by atoms with Crippen LogP contribution in [0.4, 0.5) is 11.5 Å². The van der Waals surface area contributed by atoms with Crippen LogP contribution in [0.25, 0.3) is 22.2 Å². The first-order valence-corrected chi connectivity index (χ1v) is 11.1. The quantitative estimate of drug-likeness (QED) is 0.497. The highest BCUT2D eigenvalue weighted by Gasteiger charge is 2.19. The molecule has 1 N–H and O–H groups in total. The van der Waals surface area contributed by atoms with E-state index in [0.29, 0.717) is 11.3 Å². The van der Waals surface area contributed by atoms with Crippen LogP contribution in [0.2, 0.25) is 0 Å². The molecule has 2 heterocycles. The summed E-state index contributed by atoms with van der Waals surface area (Å²) in [5.41, 5.74) is 7.41. The second kappa shape index (κ2) is 8.44.